The fourth-order valence-electron chi connectivity index (χ4n) is 2.30. The largest absolute Gasteiger partial charge is 0.508 e. The molecule has 0 aliphatic carbocycles. The van der Waals surface area contributed by atoms with E-state index in [0.717, 1.165) is 11.1 Å². The predicted octanol–water partition coefficient (Wildman–Crippen LogP) is 3.02. The molecule has 2 aromatic carbocycles. The number of phenolic OH excluding ortho intramolecular Hbond substituents is 2. The van der Waals surface area contributed by atoms with Crippen LogP contribution in [0.3, 0.4) is 0 Å². The summed E-state index contributed by atoms with van der Waals surface area (Å²) in [7, 11) is 1.34. The number of carbonyl (C=O) groups is 1. The van der Waals surface area contributed by atoms with Crippen molar-refractivity contribution in [1.29, 1.82) is 0 Å². The number of rotatable bonds is 3. The first-order chi connectivity index (χ1) is 9.93. The maximum Gasteiger partial charge on any atom is 0.317 e. The van der Waals surface area contributed by atoms with E-state index < -0.39 is 5.92 Å². The van der Waals surface area contributed by atoms with Gasteiger partial charge in [-0.25, -0.2) is 0 Å². The minimum absolute atomic E-state index is 0.184. The van der Waals surface area contributed by atoms with Gasteiger partial charge in [-0.1, -0.05) is 24.3 Å². The number of aryl methyl sites for hydroxylation is 2. The molecule has 2 N–H and O–H groups in total. The number of phenols is 2. The van der Waals surface area contributed by atoms with E-state index in [9.17, 15) is 15.0 Å². The fraction of sp³-hybridized carbons (Fsp3) is 0.235. The van der Waals surface area contributed by atoms with Crippen molar-refractivity contribution in [3.63, 3.8) is 0 Å². The Hall–Kier alpha value is -2.49. The van der Waals surface area contributed by atoms with Crippen molar-refractivity contribution in [3.8, 4) is 11.5 Å². The zero-order valence-electron chi connectivity index (χ0n) is 12.3. The van der Waals surface area contributed by atoms with Gasteiger partial charge in [0, 0.05) is 0 Å². The Morgan fingerprint density at radius 2 is 1.38 bits per heavy atom. The van der Waals surface area contributed by atoms with Crippen LogP contribution in [0, 0.1) is 13.8 Å². The summed E-state index contributed by atoms with van der Waals surface area (Å²) in [6.07, 6.45) is 0. The van der Waals surface area contributed by atoms with Crippen molar-refractivity contribution >= 4 is 5.97 Å². The second-order valence-electron chi connectivity index (χ2n) is 5.05. The van der Waals surface area contributed by atoms with E-state index in [-0.39, 0.29) is 17.5 Å². The van der Waals surface area contributed by atoms with E-state index in [2.05, 4.69) is 0 Å². The zero-order chi connectivity index (χ0) is 15.6. The number of ether oxygens (including phenoxy) is 1. The Morgan fingerprint density at radius 3 is 1.71 bits per heavy atom. The molecule has 0 bridgehead atoms. The molecule has 0 spiro atoms. The third-order valence-corrected chi connectivity index (χ3v) is 3.55. The molecule has 0 atom stereocenters. The average molecular weight is 286 g/mol. The molecule has 0 amide bonds. The Kier molecular flexibility index (Phi) is 4.17. The number of hydrogen-bond acceptors (Lipinski definition) is 4. The Morgan fingerprint density at radius 1 is 0.952 bits per heavy atom. The first kappa shape index (κ1) is 14.9. The number of methoxy groups -OCH3 is 1. The van der Waals surface area contributed by atoms with Gasteiger partial charge in [-0.3, -0.25) is 4.79 Å². The number of hydrogen-bond donors (Lipinski definition) is 2. The number of carbonyl (C=O) groups excluding carboxylic acids is 1. The summed E-state index contributed by atoms with van der Waals surface area (Å²) >= 11 is 0. The molecule has 0 saturated heterocycles. The van der Waals surface area contributed by atoms with Gasteiger partial charge in [-0.15, -0.1) is 0 Å². The highest BCUT2D eigenvalue weighted by molar-refractivity contribution is 5.82. The van der Waals surface area contributed by atoms with Crippen LogP contribution in [0.5, 0.6) is 11.5 Å². The quantitative estimate of drug-likeness (QED) is 0.851. The van der Waals surface area contributed by atoms with Crippen LogP contribution in [0.15, 0.2) is 36.4 Å². The Bertz CT molecular complexity index is 625. The van der Waals surface area contributed by atoms with Gasteiger partial charge in [0.25, 0.3) is 0 Å². The monoisotopic (exact) mass is 286 g/mol. The molecule has 110 valence electrons. The van der Waals surface area contributed by atoms with Crippen LogP contribution < -0.4 is 0 Å². The molecule has 2 aromatic rings. The van der Waals surface area contributed by atoms with Crippen molar-refractivity contribution < 1.29 is 19.7 Å². The molecule has 0 aromatic heterocycles. The summed E-state index contributed by atoms with van der Waals surface area (Å²) < 4.78 is 4.90. The standard InChI is InChI=1S/C17H18O4/c1-10-8-12(4-6-14(10)18)16(17(20)21-3)13-5-7-15(19)11(2)9-13/h4-9,16,18-19H,1-3H3. The third-order valence-electron chi connectivity index (χ3n) is 3.55. The third kappa shape index (κ3) is 2.99. The average Bonchev–Trinajstić information content (AvgIpc) is 2.46. The van der Waals surface area contributed by atoms with E-state index in [1.54, 1.807) is 50.2 Å². The molecule has 0 fully saturated rings. The van der Waals surface area contributed by atoms with E-state index in [0.29, 0.717) is 11.1 Å². The van der Waals surface area contributed by atoms with E-state index in [1.807, 2.05) is 0 Å². The highest BCUT2D eigenvalue weighted by atomic mass is 16.5. The van der Waals surface area contributed by atoms with Crippen LogP contribution in [-0.2, 0) is 9.53 Å². The Labute approximate surface area is 123 Å². The number of esters is 1. The van der Waals surface area contributed by atoms with Crippen molar-refractivity contribution in [2.24, 2.45) is 0 Å². The lowest BCUT2D eigenvalue weighted by Gasteiger charge is -2.17. The first-order valence-electron chi connectivity index (χ1n) is 6.61. The van der Waals surface area contributed by atoms with Crippen LogP contribution in [0.4, 0.5) is 0 Å². The number of benzene rings is 2. The summed E-state index contributed by atoms with van der Waals surface area (Å²) in [6, 6.07) is 10.1. The molecular weight excluding hydrogens is 268 g/mol. The van der Waals surface area contributed by atoms with Crippen LogP contribution in [0.25, 0.3) is 0 Å². The van der Waals surface area contributed by atoms with Crippen LogP contribution in [-0.4, -0.2) is 23.3 Å². The topological polar surface area (TPSA) is 66.8 Å². The Balaban J connectivity index is 2.54. The maximum atomic E-state index is 12.2. The second kappa shape index (κ2) is 5.87. The van der Waals surface area contributed by atoms with Crippen LogP contribution in [0.2, 0.25) is 0 Å². The lowest BCUT2D eigenvalue weighted by atomic mass is 9.89. The van der Waals surface area contributed by atoms with Gasteiger partial charge in [0.1, 0.15) is 17.4 Å². The normalized spacial score (nSPS) is 10.7. The second-order valence-corrected chi connectivity index (χ2v) is 5.05. The highest BCUT2D eigenvalue weighted by Gasteiger charge is 2.24. The molecule has 0 aliphatic heterocycles. The lowest BCUT2D eigenvalue weighted by molar-refractivity contribution is -0.141. The summed E-state index contributed by atoms with van der Waals surface area (Å²) in [6.45, 7) is 3.55. The maximum absolute atomic E-state index is 12.2. The van der Waals surface area contributed by atoms with Crippen LogP contribution in [0.1, 0.15) is 28.2 Å². The lowest BCUT2D eigenvalue weighted by Crippen LogP contribution is -2.16. The molecule has 0 radical (unpaired) electrons. The molecule has 4 nitrogen and oxygen atoms in total. The molecule has 0 unspecified atom stereocenters. The van der Waals surface area contributed by atoms with Gasteiger partial charge < -0.3 is 14.9 Å². The van der Waals surface area contributed by atoms with Crippen molar-refractivity contribution in [1.82, 2.24) is 0 Å². The molecule has 0 saturated carbocycles. The summed E-state index contributed by atoms with van der Waals surface area (Å²) in [5, 5.41) is 19.2. The van der Waals surface area contributed by atoms with Crippen molar-refractivity contribution in [2.75, 3.05) is 7.11 Å². The van der Waals surface area contributed by atoms with Crippen LogP contribution >= 0.6 is 0 Å². The van der Waals surface area contributed by atoms with E-state index in [4.69, 9.17) is 4.74 Å². The summed E-state index contributed by atoms with van der Waals surface area (Å²) in [5.74, 6) is -0.604. The SMILES string of the molecule is COC(=O)C(c1ccc(O)c(C)c1)c1ccc(O)c(C)c1. The molecule has 4 heteroatoms. The summed E-state index contributed by atoms with van der Waals surface area (Å²) in [4.78, 5) is 12.2. The minimum Gasteiger partial charge on any atom is -0.508 e. The molecular formula is C17H18O4. The van der Waals surface area contributed by atoms with Gasteiger partial charge in [0.05, 0.1) is 7.11 Å². The van der Waals surface area contributed by atoms with Gasteiger partial charge in [-0.2, -0.15) is 0 Å². The van der Waals surface area contributed by atoms with E-state index >= 15 is 0 Å². The first-order valence-corrected chi connectivity index (χ1v) is 6.61. The van der Waals surface area contributed by atoms with Gasteiger partial charge in [0.2, 0.25) is 0 Å². The summed E-state index contributed by atoms with van der Waals surface area (Å²) in [5.41, 5.74) is 2.86. The molecule has 2 rings (SSSR count). The smallest absolute Gasteiger partial charge is 0.317 e. The highest BCUT2D eigenvalue weighted by Crippen LogP contribution is 2.31. The van der Waals surface area contributed by atoms with Crippen molar-refractivity contribution in [3.05, 3.63) is 58.7 Å². The fourth-order valence-corrected chi connectivity index (χ4v) is 2.30. The van der Waals surface area contributed by atoms with E-state index in [1.165, 1.54) is 7.11 Å². The van der Waals surface area contributed by atoms with Gasteiger partial charge >= 0.3 is 5.97 Å². The van der Waals surface area contributed by atoms with Gasteiger partial charge in [0.15, 0.2) is 0 Å². The molecule has 0 aliphatic rings. The van der Waals surface area contributed by atoms with Gasteiger partial charge in [-0.05, 0) is 48.2 Å². The van der Waals surface area contributed by atoms with Crippen molar-refractivity contribution in [2.45, 2.75) is 19.8 Å². The predicted molar refractivity (Wildman–Crippen MR) is 79.5 cm³/mol. The zero-order valence-corrected chi connectivity index (χ0v) is 12.3. The number of aromatic hydroxyl groups is 2. The molecule has 21 heavy (non-hydrogen) atoms. The minimum atomic E-state index is -0.589. The molecule has 0 heterocycles.